The number of carbonyl (C=O) groups is 1. The van der Waals surface area contributed by atoms with Crippen LogP contribution in [0.5, 0.6) is 0 Å². The van der Waals surface area contributed by atoms with E-state index in [9.17, 15) is 75.0 Å². The molecule has 4 nitrogen and oxygen atoms in total. The normalized spacial score (nSPS) is 15.0. The molecule has 0 saturated heterocycles. The lowest BCUT2D eigenvalue weighted by Gasteiger charge is -2.42. The Morgan fingerprint density at radius 1 is 0.800 bits per heavy atom. The minimum Gasteiger partial charge on any atom is -0.295 e. The summed E-state index contributed by atoms with van der Waals surface area (Å²) in [5, 5.41) is 5.72. The maximum atomic E-state index is 13.8. The molecule has 0 bridgehead atoms. The van der Waals surface area contributed by atoms with Gasteiger partial charge in [0, 0.05) is 0 Å². The molecule has 0 aliphatic carbocycles. The summed E-state index contributed by atoms with van der Waals surface area (Å²) in [6, 6.07) is 0. The number of thioether (sulfide) groups is 1. The van der Waals surface area contributed by atoms with Gasteiger partial charge in [-0.2, -0.15) is 61.5 Å². The van der Waals surface area contributed by atoms with Crippen molar-refractivity contribution < 1.29 is 75.0 Å². The van der Waals surface area contributed by atoms with Crippen molar-refractivity contribution in [1.82, 2.24) is 10.2 Å². The Balaban J connectivity index is 3.47. The molecule has 0 spiro atoms. The minimum atomic E-state index is -8.57. The molecule has 1 amide bonds. The van der Waals surface area contributed by atoms with Gasteiger partial charge in [0.05, 0.1) is 0 Å². The molecule has 0 saturated carbocycles. The van der Waals surface area contributed by atoms with Crippen LogP contribution in [0, 0.1) is 0 Å². The van der Waals surface area contributed by atoms with Gasteiger partial charge in [0.15, 0.2) is 4.34 Å². The molecular weight excluding hydrogens is 582 g/mol. The number of rotatable bonds is 11. The topological polar surface area (TPSA) is 54.9 Å². The van der Waals surface area contributed by atoms with Crippen LogP contribution in [-0.2, 0) is 4.79 Å². The largest absolute Gasteiger partial charge is 0.393 e. The number of halogens is 16. The zero-order valence-corrected chi connectivity index (χ0v) is 17.6. The van der Waals surface area contributed by atoms with Crippen LogP contribution in [0.2, 0.25) is 0 Å². The first kappa shape index (κ1) is 31.3. The molecule has 1 heterocycles. The Kier molecular flexibility index (Phi) is 8.30. The third kappa shape index (κ3) is 4.59. The lowest BCUT2D eigenvalue weighted by Crippen LogP contribution is -2.74. The molecule has 0 aliphatic heterocycles. The molecule has 0 aliphatic rings. The SMILES string of the molecule is CCSc1nnc(NC(=O)C(F)(F)C(F)(F)C(F)(F)C(F)(F)C(F)(F)C(F)(F)C(F)(F)C(F)F)s1. The van der Waals surface area contributed by atoms with E-state index in [1.807, 2.05) is 0 Å². The van der Waals surface area contributed by atoms with E-state index in [0.717, 1.165) is 17.1 Å². The van der Waals surface area contributed by atoms with Crippen molar-refractivity contribution in [1.29, 1.82) is 0 Å². The highest BCUT2D eigenvalue weighted by Crippen LogP contribution is 2.62. The number of nitrogens with one attached hydrogen (secondary N) is 1. The first-order chi connectivity index (χ1) is 15.4. The molecule has 0 radical (unpaired) electrons. The van der Waals surface area contributed by atoms with Gasteiger partial charge in [-0.3, -0.25) is 10.1 Å². The number of nitrogens with zero attached hydrogens (tertiary/aromatic N) is 2. The van der Waals surface area contributed by atoms with Crippen LogP contribution < -0.4 is 5.32 Å². The first-order valence-corrected chi connectivity index (χ1v) is 9.88. The van der Waals surface area contributed by atoms with Gasteiger partial charge in [0.2, 0.25) is 5.13 Å². The number of hydrogen-bond acceptors (Lipinski definition) is 5. The molecular formula is C13H7F16N3OS2. The number of alkyl halides is 16. The fraction of sp³-hybridized carbons (Fsp3) is 0.769. The van der Waals surface area contributed by atoms with Crippen LogP contribution in [0.15, 0.2) is 4.34 Å². The lowest BCUT2D eigenvalue weighted by molar-refractivity contribution is -0.443. The van der Waals surface area contributed by atoms with Crippen molar-refractivity contribution in [2.45, 2.75) is 59.1 Å². The quantitative estimate of drug-likeness (QED) is 0.187. The van der Waals surface area contributed by atoms with Gasteiger partial charge in [-0.05, 0) is 5.75 Å². The summed E-state index contributed by atoms with van der Waals surface area (Å²) in [7, 11) is 0. The number of hydrogen-bond donors (Lipinski definition) is 1. The maximum Gasteiger partial charge on any atom is 0.393 e. The fourth-order valence-corrected chi connectivity index (χ4v) is 3.54. The third-order valence-electron chi connectivity index (χ3n) is 3.84. The van der Waals surface area contributed by atoms with Gasteiger partial charge in [-0.1, -0.05) is 30.0 Å². The Hall–Kier alpha value is -1.74. The van der Waals surface area contributed by atoms with Gasteiger partial charge in [0.25, 0.3) is 0 Å². The number of aromatic nitrogens is 2. The Labute approximate surface area is 190 Å². The average molecular weight is 589 g/mol. The van der Waals surface area contributed by atoms with E-state index >= 15 is 0 Å². The van der Waals surface area contributed by atoms with E-state index in [2.05, 4.69) is 10.2 Å². The Bertz CT molecular complexity index is 918. The van der Waals surface area contributed by atoms with E-state index in [-0.39, 0.29) is 21.4 Å². The molecule has 0 unspecified atom stereocenters. The molecule has 0 atom stereocenters. The molecule has 204 valence electrons. The third-order valence-corrected chi connectivity index (χ3v) is 5.70. The summed E-state index contributed by atoms with van der Waals surface area (Å²) < 4.78 is 212. The highest BCUT2D eigenvalue weighted by Gasteiger charge is 2.94. The second kappa shape index (κ2) is 9.29. The van der Waals surface area contributed by atoms with Crippen LogP contribution in [-0.4, -0.2) is 69.7 Å². The van der Waals surface area contributed by atoms with Gasteiger partial charge in [0.1, 0.15) is 0 Å². The molecule has 1 aromatic heterocycles. The van der Waals surface area contributed by atoms with E-state index in [4.69, 9.17) is 0 Å². The van der Waals surface area contributed by atoms with Crippen LogP contribution in [0.4, 0.5) is 75.4 Å². The van der Waals surface area contributed by atoms with Crippen molar-refractivity contribution in [2.75, 3.05) is 11.1 Å². The second-order valence-corrected chi connectivity index (χ2v) is 8.62. The second-order valence-electron chi connectivity index (χ2n) is 6.13. The zero-order valence-electron chi connectivity index (χ0n) is 16.0. The number of carbonyl (C=O) groups excluding carboxylic acids is 1. The van der Waals surface area contributed by atoms with Crippen molar-refractivity contribution in [2.24, 2.45) is 0 Å². The summed E-state index contributed by atoms with van der Waals surface area (Å²) in [4.78, 5) is 11.4. The smallest absolute Gasteiger partial charge is 0.295 e. The molecule has 1 rings (SSSR count). The van der Waals surface area contributed by atoms with E-state index in [0.29, 0.717) is 0 Å². The van der Waals surface area contributed by atoms with Crippen LogP contribution in [0.3, 0.4) is 0 Å². The minimum absolute atomic E-state index is 0.128. The van der Waals surface area contributed by atoms with E-state index in [1.165, 1.54) is 6.92 Å². The first-order valence-electron chi connectivity index (χ1n) is 8.08. The maximum absolute atomic E-state index is 13.8. The van der Waals surface area contributed by atoms with Crippen LogP contribution >= 0.6 is 23.1 Å². The van der Waals surface area contributed by atoms with Crippen molar-refractivity contribution in [3.63, 3.8) is 0 Å². The molecule has 0 fully saturated rings. The van der Waals surface area contributed by atoms with E-state index < -0.39 is 58.9 Å². The van der Waals surface area contributed by atoms with Crippen molar-refractivity contribution in [3.8, 4) is 0 Å². The summed E-state index contributed by atoms with van der Waals surface area (Å²) in [5.74, 6) is -59.7. The zero-order chi connectivity index (χ0) is 28.1. The average Bonchev–Trinajstić information content (AvgIpc) is 3.13. The highest BCUT2D eigenvalue weighted by atomic mass is 32.2. The fourth-order valence-electron chi connectivity index (χ4n) is 1.90. The summed E-state index contributed by atoms with van der Waals surface area (Å²) in [6.45, 7) is 1.51. The molecule has 22 heteroatoms. The van der Waals surface area contributed by atoms with Crippen LogP contribution in [0.25, 0.3) is 0 Å². The van der Waals surface area contributed by atoms with Crippen molar-refractivity contribution >= 4 is 34.1 Å². The predicted molar refractivity (Wildman–Crippen MR) is 85.6 cm³/mol. The van der Waals surface area contributed by atoms with Crippen molar-refractivity contribution in [3.05, 3.63) is 0 Å². The highest BCUT2D eigenvalue weighted by molar-refractivity contribution is 8.01. The molecule has 0 aromatic carbocycles. The van der Waals surface area contributed by atoms with Gasteiger partial charge in [-0.25, -0.2) is 8.78 Å². The lowest BCUT2D eigenvalue weighted by atomic mass is 9.89. The standard InChI is InChI=1S/C13H7F16N3OS2/c1-2-34-6-32-31-5(35-6)30-4(33)8(18,19)10(22,23)12(26,27)13(28,29)11(24,25)9(20,21)7(16,17)3(14)15/h3H,2H2,1H3,(H,30,31,33). The summed E-state index contributed by atoms with van der Waals surface area (Å²) >= 11 is 0.983. The van der Waals surface area contributed by atoms with E-state index in [1.54, 1.807) is 0 Å². The summed E-state index contributed by atoms with van der Waals surface area (Å²) in [5.41, 5.74) is 0. The number of anilines is 1. The molecule has 1 N–H and O–H groups in total. The Morgan fingerprint density at radius 2 is 1.23 bits per heavy atom. The van der Waals surface area contributed by atoms with Gasteiger partial charge >= 0.3 is 53.8 Å². The van der Waals surface area contributed by atoms with Gasteiger partial charge in [-0.15, -0.1) is 10.2 Å². The molecule has 1 aromatic rings. The van der Waals surface area contributed by atoms with Crippen LogP contribution in [0.1, 0.15) is 6.92 Å². The number of amides is 1. The Morgan fingerprint density at radius 3 is 1.66 bits per heavy atom. The predicted octanol–water partition coefficient (Wildman–Crippen LogP) is 6.30. The summed E-state index contributed by atoms with van der Waals surface area (Å²) in [6.07, 6.45) is -5.93. The molecule has 35 heavy (non-hydrogen) atoms. The monoisotopic (exact) mass is 589 g/mol. The van der Waals surface area contributed by atoms with Gasteiger partial charge < -0.3 is 0 Å².